The smallest absolute Gasteiger partial charge is 0.216 e. The molecule has 6 heteroatoms. The molecule has 0 spiro atoms. The Balaban J connectivity index is 1.54. The van der Waals surface area contributed by atoms with Crippen molar-refractivity contribution in [2.45, 2.75) is 51.2 Å². The average molecular weight is 366 g/mol. The topological polar surface area (TPSA) is 74.0 Å². The van der Waals surface area contributed by atoms with Crippen molar-refractivity contribution in [3.63, 3.8) is 0 Å². The van der Waals surface area contributed by atoms with Gasteiger partial charge in [0.1, 0.15) is 0 Å². The number of sulfonamides is 1. The lowest BCUT2D eigenvalue weighted by Crippen LogP contribution is -2.39. The molecule has 0 aliphatic carbocycles. The molecule has 3 N–H and O–H groups in total. The Morgan fingerprint density at radius 1 is 1.00 bits per heavy atom. The molecule has 1 aromatic heterocycles. The van der Waals surface area contributed by atoms with Crippen LogP contribution in [0.4, 0.5) is 0 Å². The molecule has 0 radical (unpaired) electrons. The first-order chi connectivity index (χ1) is 11.8. The fourth-order valence-electron chi connectivity index (χ4n) is 2.66. The van der Waals surface area contributed by atoms with Crippen molar-refractivity contribution in [1.82, 2.24) is 15.0 Å². The quantitative estimate of drug-likeness (QED) is 0.566. The highest BCUT2D eigenvalue weighted by Crippen LogP contribution is 2.17. The van der Waals surface area contributed by atoms with Gasteiger partial charge in [0, 0.05) is 23.6 Å². The lowest BCUT2D eigenvalue weighted by molar-refractivity contribution is 0.538. The van der Waals surface area contributed by atoms with E-state index in [-0.39, 0.29) is 0 Å². The minimum Gasteiger partial charge on any atom is -0.361 e. The zero-order chi connectivity index (χ0) is 18.3. The number of fused-ring (bicyclic) bond motifs is 1. The Morgan fingerprint density at radius 2 is 1.72 bits per heavy atom. The minimum atomic E-state index is -3.21. The predicted octanol–water partition coefficient (Wildman–Crippen LogP) is 3.19. The van der Waals surface area contributed by atoms with E-state index in [2.05, 4.69) is 39.4 Å². The number of rotatable bonds is 10. The molecular weight excluding hydrogens is 334 g/mol. The maximum absolute atomic E-state index is 11.9. The van der Waals surface area contributed by atoms with Gasteiger partial charge in [-0.3, -0.25) is 0 Å². The van der Waals surface area contributed by atoms with Crippen LogP contribution in [0.5, 0.6) is 0 Å². The summed E-state index contributed by atoms with van der Waals surface area (Å²) in [5, 5.41) is 4.77. The lowest BCUT2D eigenvalue weighted by Gasteiger charge is -2.19. The molecule has 140 valence electrons. The molecule has 0 unspecified atom stereocenters. The van der Waals surface area contributed by atoms with Crippen LogP contribution in [0.25, 0.3) is 10.9 Å². The van der Waals surface area contributed by atoms with Crippen LogP contribution >= 0.6 is 0 Å². The zero-order valence-electron chi connectivity index (χ0n) is 15.6. The van der Waals surface area contributed by atoms with Crippen molar-refractivity contribution < 1.29 is 8.42 Å². The van der Waals surface area contributed by atoms with E-state index in [4.69, 9.17) is 0 Å². The summed E-state index contributed by atoms with van der Waals surface area (Å²) >= 11 is 0. The summed E-state index contributed by atoms with van der Waals surface area (Å²) < 4.78 is 25.8. The van der Waals surface area contributed by atoms with Gasteiger partial charge in [-0.15, -0.1) is 0 Å². The van der Waals surface area contributed by atoms with Crippen molar-refractivity contribution in [3.8, 4) is 0 Å². The molecule has 0 saturated heterocycles. The first kappa shape index (κ1) is 19.9. The van der Waals surface area contributed by atoms with Crippen molar-refractivity contribution in [2.75, 3.05) is 19.6 Å². The molecule has 0 atom stereocenters. The van der Waals surface area contributed by atoms with Gasteiger partial charge in [-0.05, 0) is 64.8 Å². The van der Waals surface area contributed by atoms with E-state index in [1.165, 1.54) is 16.5 Å². The highest BCUT2D eigenvalue weighted by atomic mass is 32.2. The van der Waals surface area contributed by atoms with Gasteiger partial charge < -0.3 is 10.3 Å². The van der Waals surface area contributed by atoms with Gasteiger partial charge in [0.2, 0.25) is 10.0 Å². The van der Waals surface area contributed by atoms with Crippen molar-refractivity contribution >= 4 is 20.9 Å². The molecule has 2 aromatic rings. The number of nitrogens with one attached hydrogen (secondary N) is 3. The molecule has 0 saturated carbocycles. The van der Waals surface area contributed by atoms with Gasteiger partial charge >= 0.3 is 0 Å². The summed E-state index contributed by atoms with van der Waals surface area (Å²) in [4.78, 5) is 3.30. The molecule has 1 heterocycles. The van der Waals surface area contributed by atoms with Gasteiger partial charge in [-0.1, -0.05) is 24.6 Å². The van der Waals surface area contributed by atoms with E-state index in [9.17, 15) is 8.42 Å². The third-order valence-corrected chi connectivity index (χ3v) is 6.57. The maximum atomic E-state index is 11.9. The van der Waals surface area contributed by atoms with E-state index in [0.717, 1.165) is 38.8 Å². The SMILES string of the molecule is CC(C)(C)S(=O)(=O)NCCCCCNCCc1c[nH]c2ccccc12. The van der Waals surface area contributed by atoms with Crippen LogP contribution in [-0.4, -0.2) is 37.8 Å². The van der Waals surface area contributed by atoms with Crippen molar-refractivity contribution in [2.24, 2.45) is 0 Å². The van der Waals surface area contributed by atoms with Crippen LogP contribution in [-0.2, 0) is 16.4 Å². The second kappa shape index (κ2) is 8.83. The summed E-state index contributed by atoms with van der Waals surface area (Å²) in [5.74, 6) is 0. The summed E-state index contributed by atoms with van der Waals surface area (Å²) in [7, 11) is -3.21. The van der Waals surface area contributed by atoms with Gasteiger partial charge in [0.15, 0.2) is 0 Å². The summed E-state index contributed by atoms with van der Waals surface area (Å²) in [6.07, 6.45) is 6.06. The van der Waals surface area contributed by atoms with E-state index in [0.29, 0.717) is 6.54 Å². The number of hydrogen-bond acceptors (Lipinski definition) is 3. The minimum absolute atomic E-state index is 0.523. The van der Waals surface area contributed by atoms with Crippen LogP contribution in [0.2, 0.25) is 0 Å². The molecule has 0 aliphatic heterocycles. The Hall–Kier alpha value is -1.37. The summed E-state index contributed by atoms with van der Waals surface area (Å²) in [6, 6.07) is 8.36. The van der Waals surface area contributed by atoms with Crippen molar-refractivity contribution in [3.05, 3.63) is 36.0 Å². The van der Waals surface area contributed by atoms with E-state index in [1.807, 2.05) is 6.07 Å². The number of benzene rings is 1. The summed E-state index contributed by atoms with van der Waals surface area (Å²) in [6.45, 7) is 7.59. The maximum Gasteiger partial charge on any atom is 0.216 e. The van der Waals surface area contributed by atoms with Gasteiger partial charge in [0.25, 0.3) is 0 Å². The van der Waals surface area contributed by atoms with Gasteiger partial charge in [0.05, 0.1) is 4.75 Å². The number of aromatic nitrogens is 1. The van der Waals surface area contributed by atoms with Crippen LogP contribution in [0.1, 0.15) is 45.6 Å². The molecular formula is C19H31N3O2S. The predicted molar refractivity (Wildman–Crippen MR) is 105 cm³/mol. The highest BCUT2D eigenvalue weighted by molar-refractivity contribution is 7.90. The Morgan fingerprint density at radius 3 is 2.48 bits per heavy atom. The first-order valence-corrected chi connectivity index (χ1v) is 10.5. The highest BCUT2D eigenvalue weighted by Gasteiger charge is 2.27. The fraction of sp³-hybridized carbons (Fsp3) is 0.579. The molecule has 1 aromatic carbocycles. The molecule has 5 nitrogen and oxygen atoms in total. The molecule has 2 rings (SSSR count). The number of para-hydroxylation sites is 1. The largest absolute Gasteiger partial charge is 0.361 e. The fourth-order valence-corrected chi connectivity index (χ4v) is 3.51. The lowest BCUT2D eigenvalue weighted by atomic mass is 10.1. The van der Waals surface area contributed by atoms with Crippen LogP contribution in [0.3, 0.4) is 0 Å². The van der Waals surface area contributed by atoms with Crippen molar-refractivity contribution in [1.29, 1.82) is 0 Å². The molecule has 0 fully saturated rings. The second-order valence-electron chi connectivity index (χ2n) is 7.43. The summed E-state index contributed by atoms with van der Waals surface area (Å²) in [5.41, 5.74) is 2.54. The third kappa shape index (κ3) is 5.83. The van der Waals surface area contributed by atoms with Gasteiger partial charge in [-0.25, -0.2) is 13.1 Å². The second-order valence-corrected chi connectivity index (χ2v) is 9.95. The number of unbranched alkanes of at least 4 members (excludes halogenated alkanes) is 2. The third-order valence-electron chi connectivity index (χ3n) is 4.37. The number of H-pyrrole nitrogens is 1. The van der Waals surface area contributed by atoms with E-state index in [1.54, 1.807) is 20.8 Å². The van der Waals surface area contributed by atoms with Crippen LogP contribution < -0.4 is 10.0 Å². The zero-order valence-corrected chi connectivity index (χ0v) is 16.4. The Labute approximate surface area is 151 Å². The monoisotopic (exact) mass is 365 g/mol. The molecule has 0 amide bonds. The normalized spacial score (nSPS) is 12.8. The number of aromatic amines is 1. The van der Waals surface area contributed by atoms with Crippen LogP contribution in [0.15, 0.2) is 30.5 Å². The molecule has 0 bridgehead atoms. The first-order valence-electron chi connectivity index (χ1n) is 9.06. The Kier molecular flexibility index (Phi) is 7.04. The van der Waals surface area contributed by atoms with E-state index >= 15 is 0 Å². The Bertz CT molecular complexity index is 760. The average Bonchev–Trinajstić information content (AvgIpc) is 2.95. The standard InChI is InChI=1S/C19H31N3O2S/c1-19(2,3)25(23,24)22-13-8-4-7-12-20-14-11-16-15-21-18-10-6-5-9-17(16)18/h5-6,9-10,15,20-22H,4,7-8,11-14H2,1-3H3. The molecule has 0 aliphatic rings. The van der Waals surface area contributed by atoms with Gasteiger partial charge in [-0.2, -0.15) is 0 Å². The van der Waals surface area contributed by atoms with Crippen LogP contribution in [0, 0.1) is 0 Å². The number of hydrogen-bond donors (Lipinski definition) is 3. The van der Waals surface area contributed by atoms with E-state index < -0.39 is 14.8 Å². The molecule has 25 heavy (non-hydrogen) atoms.